The second-order valence-electron chi connectivity index (χ2n) is 5.84. The van der Waals surface area contributed by atoms with E-state index in [0.29, 0.717) is 5.69 Å². The van der Waals surface area contributed by atoms with E-state index < -0.39 is 0 Å². The van der Waals surface area contributed by atoms with E-state index in [1.807, 2.05) is 18.2 Å². The fourth-order valence-electron chi connectivity index (χ4n) is 3.30. The van der Waals surface area contributed by atoms with Gasteiger partial charge in [0, 0.05) is 21.9 Å². The maximum atomic E-state index is 13.1. The first-order chi connectivity index (χ1) is 11.7. The summed E-state index contributed by atoms with van der Waals surface area (Å²) < 4.78 is 18.3. The number of carbonyl (C=O) groups excluding carboxylic acids is 1. The van der Waals surface area contributed by atoms with Crippen molar-refractivity contribution in [2.75, 3.05) is 0 Å². The smallest absolute Gasteiger partial charge is 0.357 e. The summed E-state index contributed by atoms with van der Waals surface area (Å²) in [6.45, 7) is 0.242. The molecule has 4 nitrogen and oxygen atoms in total. The Bertz CT molecular complexity index is 1130. The fraction of sp³-hybridized carbons (Fsp3) is 0.0526. The van der Waals surface area contributed by atoms with Crippen molar-refractivity contribution in [1.29, 1.82) is 0 Å². The van der Waals surface area contributed by atoms with E-state index in [-0.39, 0.29) is 18.4 Å². The molecule has 4 aromatic rings. The number of carbonyl (C=O) groups is 1. The first kappa shape index (κ1) is 13.2. The summed E-state index contributed by atoms with van der Waals surface area (Å²) in [5.41, 5.74) is 4.96. The van der Waals surface area contributed by atoms with Gasteiger partial charge in [0.25, 0.3) is 0 Å². The maximum Gasteiger partial charge on any atom is 0.357 e. The van der Waals surface area contributed by atoms with E-state index in [1.54, 1.807) is 18.3 Å². The summed E-state index contributed by atoms with van der Waals surface area (Å²) in [6, 6.07) is 12.4. The third kappa shape index (κ3) is 1.78. The number of fused-ring (bicyclic) bond motifs is 5. The third-order valence-electron chi connectivity index (χ3n) is 4.46. The number of nitrogens with zero attached hydrogens (tertiary/aromatic N) is 1. The van der Waals surface area contributed by atoms with Crippen LogP contribution >= 0.6 is 0 Å². The number of H-pyrrole nitrogens is 1. The molecular weight excluding hydrogens is 307 g/mol. The van der Waals surface area contributed by atoms with Crippen molar-refractivity contribution in [1.82, 2.24) is 9.97 Å². The van der Waals surface area contributed by atoms with Gasteiger partial charge in [-0.15, -0.1) is 0 Å². The van der Waals surface area contributed by atoms with Gasteiger partial charge in [0.1, 0.15) is 12.4 Å². The van der Waals surface area contributed by atoms with Gasteiger partial charge in [-0.3, -0.25) is 0 Å². The van der Waals surface area contributed by atoms with E-state index in [9.17, 15) is 9.18 Å². The van der Waals surface area contributed by atoms with Crippen LogP contribution in [0.2, 0.25) is 0 Å². The lowest BCUT2D eigenvalue weighted by Gasteiger charge is -2.03. The minimum atomic E-state index is -0.379. The van der Waals surface area contributed by atoms with Gasteiger partial charge >= 0.3 is 5.97 Å². The molecule has 0 saturated heterocycles. The Labute approximate surface area is 135 Å². The van der Waals surface area contributed by atoms with Crippen molar-refractivity contribution in [2.45, 2.75) is 6.61 Å². The predicted molar refractivity (Wildman–Crippen MR) is 88.1 cm³/mol. The molecule has 5 heteroatoms. The molecule has 2 aromatic carbocycles. The highest BCUT2D eigenvalue weighted by Gasteiger charge is 2.26. The lowest BCUT2D eigenvalue weighted by atomic mass is 10.0. The van der Waals surface area contributed by atoms with E-state index in [2.05, 4.69) is 9.97 Å². The first-order valence-corrected chi connectivity index (χ1v) is 7.57. The van der Waals surface area contributed by atoms with Gasteiger partial charge in [-0.1, -0.05) is 18.2 Å². The molecular formula is C19H11FN2O2. The second-order valence-corrected chi connectivity index (χ2v) is 5.84. The molecule has 3 heterocycles. The normalized spacial score (nSPS) is 13.5. The van der Waals surface area contributed by atoms with Crippen LogP contribution < -0.4 is 0 Å². The lowest BCUT2D eigenvalue weighted by molar-refractivity contribution is 0.0531. The molecule has 0 aliphatic carbocycles. The Morgan fingerprint density at radius 2 is 1.83 bits per heavy atom. The molecule has 0 bridgehead atoms. The van der Waals surface area contributed by atoms with E-state index in [4.69, 9.17) is 4.74 Å². The topological polar surface area (TPSA) is 55.0 Å². The summed E-state index contributed by atoms with van der Waals surface area (Å²) in [4.78, 5) is 19.3. The van der Waals surface area contributed by atoms with Gasteiger partial charge < -0.3 is 9.72 Å². The summed E-state index contributed by atoms with van der Waals surface area (Å²) >= 11 is 0. The van der Waals surface area contributed by atoms with Crippen molar-refractivity contribution in [2.24, 2.45) is 0 Å². The Hall–Kier alpha value is -3.21. The summed E-state index contributed by atoms with van der Waals surface area (Å²) in [6.07, 6.45) is 1.66. The molecule has 0 radical (unpaired) electrons. The number of hydrogen-bond donors (Lipinski definition) is 1. The highest BCUT2D eigenvalue weighted by Crippen LogP contribution is 2.35. The molecule has 2 aromatic heterocycles. The molecule has 0 fully saturated rings. The fourth-order valence-corrected chi connectivity index (χ4v) is 3.30. The zero-order chi connectivity index (χ0) is 16.3. The molecule has 0 unspecified atom stereocenters. The van der Waals surface area contributed by atoms with Crippen LogP contribution in [0, 0.1) is 5.82 Å². The maximum absolute atomic E-state index is 13.1. The molecule has 1 aliphatic rings. The zero-order valence-electron chi connectivity index (χ0n) is 12.5. The van der Waals surface area contributed by atoms with Crippen molar-refractivity contribution >= 4 is 27.8 Å². The van der Waals surface area contributed by atoms with Crippen LogP contribution in [0.15, 0.2) is 48.7 Å². The largest absolute Gasteiger partial charge is 0.456 e. The molecule has 116 valence electrons. The lowest BCUT2D eigenvalue weighted by Crippen LogP contribution is -1.96. The van der Waals surface area contributed by atoms with Crippen LogP contribution in [0.25, 0.3) is 32.9 Å². The van der Waals surface area contributed by atoms with E-state index in [0.717, 1.165) is 38.5 Å². The number of halogens is 1. The molecule has 0 spiro atoms. The summed E-state index contributed by atoms with van der Waals surface area (Å²) in [5.74, 6) is -0.637. The number of esters is 1. The second kappa shape index (κ2) is 4.64. The number of rotatable bonds is 1. The minimum absolute atomic E-state index is 0.242. The molecule has 24 heavy (non-hydrogen) atoms. The minimum Gasteiger partial charge on any atom is -0.456 e. The molecule has 0 amide bonds. The SMILES string of the molecule is O=C1OCc2c1ncc1[nH]c3ccc(-c4ccc(F)cc4)cc3c21. The number of ether oxygens (including phenoxy) is 1. The third-order valence-corrected chi connectivity index (χ3v) is 4.46. The molecule has 0 saturated carbocycles. The number of nitrogens with one attached hydrogen (secondary N) is 1. The van der Waals surface area contributed by atoms with Crippen LogP contribution in [-0.4, -0.2) is 15.9 Å². The molecule has 1 N–H and O–H groups in total. The van der Waals surface area contributed by atoms with Gasteiger partial charge in [0.2, 0.25) is 0 Å². The van der Waals surface area contributed by atoms with Gasteiger partial charge in [-0.2, -0.15) is 0 Å². The predicted octanol–water partition coefficient (Wildman–Crippen LogP) is 4.19. The Morgan fingerprint density at radius 1 is 1.04 bits per heavy atom. The van der Waals surface area contributed by atoms with Gasteiger partial charge in [0.15, 0.2) is 5.69 Å². The first-order valence-electron chi connectivity index (χ1n) is 7.57. The highest BCUT2D eigenvalue weighted by molar-refractivity contribution is 6.12. The number of aromatic amines is 1. The quantitative estimate of drug-likeness (QED) is 0.535. The van der Waals surface area contributed by atoms with Crippen molar-refractivity contribution in [3.05, 3.63) is 65.7 Å². The van der Waals surface area contributed by atoms with Crippen LogP contribution in [0.4, 0.5) is 4.39 Å². The molecule has 0 atom stereocenters. The van der Waals surface area contributed by atoms with Gasteiger partial charge in [-0.25, -0.2) is 14.2 Å². The standard InChI is InChI=1S/C19H11FN2O2/c20-12-4-1-10(2-5-12)11-3-6-15-13(7-11)17-14-9-24-19(23)18(14)21-8-16(17)22-15/h1-8,22H,9H2. The Morgan fingerprint density at radius 3 is 2.67 bits per heavy atom. The summed E-state index contributed by atoms with van der Waals surface area (Å²) in [7, 11) is 0. The number of pyridine rings is 1. The molecule has 1 aliphatic heterocycles. The average molecular weight is 318 g/mol. The number of aromatic nitrogens is 2. The average Bonchev–Trinajstić information content (AvgIpc) is 3.15. The van der Waals surface area contributed by atoms with Gasteiger partial charge in [0.05, 0.1) is 11.7 Å². The van der Waals surface area contributed by atoms with E-state index in [1.165, 1.54) is 12.1 Å². The monoisotopic (exact) mass is 318 g/mol. The number of benzene rings is 2. The Balaban J connectivity index is 1.81. The summed E-state index contributed by atoms with van der Waals surface area (Å²) in [5, 5.41) is 1.97. The van der Waals surface area contributed by atoms with Crippen LogP contribution in [0.5, 0.6) is 0 Å². The van der Waals surface area contributed by atoms with Crippen molar-refractivity contribution in [3.8, 4) is 11.1 Å². The van der Waals surface area contributed by atoms with Crippen molar-refractivity contribution in [3.63, 3.8) is 0 Å². The number of hydrogen-bond acceptors (Lipinski definition) is 3. The highest BCUT2D eigenvalue weighted by atomic mass is 19.1. The van der Waals surface area contributed by atoms with E-state index >= 15 is 0 Å². The van der Waals surface area contributed by atoms with Crippen molar-refractivity contribution < 1.29 is 13.9 Å². The van der Waals surface area contributed by atoms with Gasteiger partial charge in [-0.05, 0) is 35.4 Å². The van der Waals surface area contributed by atoms with Crippen LogP contribution in [-0.2, 0) is 11.3 Å². The molecule has 5 rings (SSSR count). The Kier molecular flexibility index (Phi) is 2.56. The van der Waals surface area contributed by atoms with Crippen LogP contribution in [0.1, 0.15) is 16.1 Å². The van der Waals surface area contributed by atoms with Crippen LogP contribution in [0.3, 0.4) is 0 Å². The zero-order valence-corrected chi connectivity index (χ0v) is 12.5. The number of cyclic esters (lactones) is 1.